The van der Waals surface area contributed by atoms with Gasteiger partial charge in [-0.05, 0) is 12.8 Å². The summed E-state index contributed by atoms with van der Waals surface area (Å²) in [5.74, 6) is 2.38. The van der Waals surface area contributed by atoms with E-state index in [0.717, 1.165) is 44.0 Å². The number of imidazole rings is 1. The lowest BCUT2D eigenvalue weighted by molar-refractivity contribution is -0.121. The highest BCUT2D eigenvalue weighted by Gasteiger charge is 2.15. The van der Waals surface area contributed by atoms with E-state index in [0.29, 0.717) is 12.5 Å². The van der Waals surface area contributed by atoms with Gasteiger partial charge < -0.3 is 15.2 Å². The summed E-state index contributed by atoms with van der Waals surface area (Å²) < 4.78 is 2.06. The van der Waals surface area contributed by atoms with Crippen molar-refractivity contribution < 1.29 is 4.79 Å². The van der Waals surface area contributed by atoms with Crippen LogP contribution in [0.25, 0.3) is 0 Å². The van der Waals surface area contributed by atoms with E-state index >= 15 is 0 Å². The van der Waals surface area contributed by atoms with E-state index in [-0.39, 0.29) is 5.91 Å². The molecule has 1 aliphatic heterocycles. The molecule has 1 aromatic rings. The number of thioether (sulfide) groups is 1. The van der Waals surface area contributed by atoms with Gasteiger partial charge in [-0.15, -0.1) is 0 Å². The first-order valence-electron chi connectivity index (χ1n) is 6.88. The molecule has 19 heavy (non-hydrogen) atoms. The van der Waals surface area contributed by atoms with Gasteiger partial charge in [0, 0.05) is 56.0 Å². The Morgan fingerprint density at radius 3 is 3.21 bits per heavy atom. The molecule has 2 heterocycles. The highest BCUT2D eigenvalue weighted by Crippen LogP contribution is 2.09. The number of nitrogens with one attached hydrogen (secondary N) is 2. The molecule has 1 aromatic heterocycles. The first kappa shape index (κ1) is 14.4. The van der Waals surface area contributed by atoms with E-state index in [2.05, 4.69) is 20.2 Å². The third-order valence-corrected chi connectivity index (χ3v) is 4.29. The number of hydrogen-bond donors (Lipinski definition) is 2. The van der Waals surface area contributed by atoms with Gasteiger partial charge in [0.25, 0.3) is 0 Å². The highest BCUT2D eigenvalue weighted by atomic mass is 32.2. The fraction of sp³-hybridized carbons (Fsp3) is 0.692. The molecule has 6 heteroatoms. The molecule has 0 bridgehead atoms. The van der Waals surface area contributed by atoms with Gasteiger partial charge in [0.05, 0.1) is 6.33 Å². The summed E-state index contributed by atoms with van der Waals surface area (Å²) in [7, 11) is 0. The smallest absolute Gasteiger partial charge is 0.221 e. The number of carbonyl (C=O) groups excluding carboxylic acids is 1. The van der Waals surface area contributed by atoms with Crippen LogP contribution in [0.1, 0.15) is 19.3 Å². The lowest BCUT2D eigenvalue weighted by Gasteiger charge is -2.22. The van der Waals surface area contributed by atoms with Gasteiger partial charge in [0.15, 0.2) is 0 Å². The highest BCUT2D eigenvalue weighted by molar-refractivity contribution is 7.99. The average Bonchev–Trinajstić information content (AvgIpc) is 2.92. The minimum Gasteiger partial charge on any atom is -0.356 e. The minimum absolute atomic E-state index is 0.169. The van der Waals surface area contributed by atoms with E-state index in [9.17, 15) is 4.79 Å². The van der Waals surface area contributed by atoms with Crippen LogP contribution in [0.3, 0.4) is 0 Å². The van der Waals surface area contributed by atoms with Gasteiger partial charge in [-0.2, -0.15) is 11.8 Å². The van der Waals surface area contributed by atoms with Gasteiger partial charge in [-0.1, -0.05) is 0 Å². The number of aromatic nitrogens is 2. The van der Waals surface area contributed by atoms with E-state index < -0.39 is 0 Å². The molecule has 2 N–H and O–H groups in total. The fourth-order valence-corrected chi connectivity index (χ4v) is 3.06. The van der Waals surface area contributed by atoms with Crippen molar-refractivity contribution in [2.24, 2.45) is 0 Å². The molecular formula is C13H22N4OS. The summed E-state index contributed by atoms with van der Waals surface area (Å²) in [6.45, 7) is 2.76. The van der Waals surface area contributed by atoms with Crippen LogP contribution in [0.5, 0.6) is 0 Å². The summed E-state index contributed by atoms with van der Waals surface area (Å²) in [5, 5.41) is 6.38. The summed E-state index contributed by atoms with van der Waals surface area (Å²) in [4.78, 5) is 15.7. The predicted octanol–water partition coefficient (Wildman–Crippen LogP) is 0.875. The van der Waals surface area contributed by atoms with Crippen molar-refractivity contribution in [1.82, 2.24) is 20.2 Å². The van der Waals surface area contributed by atoms with Crippen molar-refractivity contribution >= 4 is 17.7 Å². The molecule has 0 aliphatic carbocycles. The monoisotopic (exact) mass is 282 g/mol. The molecule has 1 atom stereocenters. The number of aryl methyl sites for hydroxylation is 1. The molecule has 1 saturated heterocycles. The molecule has 0 saturated carbocycles. The Bertz CT molecular complexity index is 363. The van der Waals surface area contributed by atoms with Gasteiger partial charge in [0.1, 0.15) is 0 Å². The average molecular weight is 282 g/mol. The lowest BCUT2D eigenvalue weighted by Crippen LogP contribution is -2.41. The Kier molecular flexibility index (Phi) is 6.23. The van der Waals surface area contributed by atoms with Gasteiger partial charge >= 0.3 is 0 Å². The van der Waals surface area contributed by atoms with Crippen molar-refractivity contribution in [3.63, 3.8) is 0 Å². The topological polar surface area (TPSA) is 59.0 Å². The number of nitrogens with zero attached hydrogens (tertiary/aromatic N) is 2. The molecule has 1 aliphatic rings. The summed E-state index contributed by atoms with van der Waals surface area (Å²) in [5.41, 5.74) is 0. The molecule has 1 amide bonds. The predicted molar refractivity (Wildman–Crippen MR) is 78.2 cm³/mol. The lowest BCUT2D eigenvalue weighted by atomic mass is 10.2. The van der Waals surface area contributed by atoms with E-state index in [1.54, 1.807) is 6.20 Å². The normalized spacial score (nSPS) is 19.3. The van der Waals surface area contributed by atoms with Crippen molar-refractivity contribution in [2.45, 2.75) is 31.8 Å². The first-order valence-corrected chi connectivity index (χ1v) is 8.03. The number of hydrogen-bond acceptors (Lipinski definition) is 4. The second-order valence-electron chi connectivity index (χ2n) is 4.79. The van der Waals surface area contributed by atoms with E-state index in [1.807, 2.05) is 24.3 Å². The quantitative estimate of drug-likeness (QED) is 0.729. The van der Waals surface area contributed by atoms with Gasteiger partial charge in [-0.25, -0.2) is 4.98 Å². The standard InChI is InChI=1S/C13H22N4OS/c18-13(9-12-10-19-8-5-15-12)16-3-1-2-6-17-7-4-14-11-17/h4,7,11-12,15H,1-3,5-6,8-10H2,(H,16,18). The largest absolute Gasteiger partial charge is 0.356 e. The van der Waals surface area contributed by atoms with Crippen LogP contribution in [0.15, 0.2) is 18.7 Å². The number of amides is 1. The summed E-state index contributed by atoms with van der Waals surface area (Å²) in [6, 6.07) is 0.352. The molecular weight excluding hydrogens is 260 g/mol. The third-order valence-electron chi connectivity index (χ3n) is 3.15. The summed E-state index contributed by atoms with van der Waals surface area (Å²) in [6.07, 6.45) is 8.26. The Morgan fingerprint density at radius 2 is 2.47 bits per heavy atom. The van der Waals surface area contributed by atoms with Crippen LogP contribution in [-0.4, -0.2) is 46.1 Å². The number of unbranched alkanes of at least 4 members (excludes halogenated alkanes) is 1. The Labute approximate surface area is 118 Å². The van der Waals surface area contributed by atoms with Crippen molar-refractivity contribution in [3.8, 4) is 0 Å². The molecule has 1 fully saturated rings. The zero-order valence-corrected chi connectivity index (χ0v) is 12.0. The van der Waals surface area contributed by atoms with Crippen LogP contribution in [0.2, 0.25) is 0 Å². The Balaban J connectivity index is 1.49. The SMILES string of the molecule is O=C(CC1CSCCN1)NCCCCn1ccnc1. The van der Waals surface area contributed by atoms with E-state index in [4.69, 9.17) is 0 Å². The maximum absolute atomic E-state index is 11.7. The second kappa shape index (κ2) is 8.22. The first-order chi connectivity index (χ1) is 9.34. The van der Waals surface area contributed by atoms with Crippen LogP contribution < -0.4 is 10.6 Å². The third kappa shape index (κ3) is 5.65. The Morgan fingerprint density at radius 1 is 1.53 bits per heavy atom. The number of carbonyl (C=O) groups is 1. The summed E-state index contributed by atoms with van der Waals surface area (Å²) >= 11 is 1.92. The number of rotatable bonds is 7. The maximum Gasteiger partial charge on any atom is 0.221 e. The van der Waals surface area contributed by atoms with Gasteiger partial charge in [-0.3, -0.25) is 4.79 Å². The second-order valence-corrected chi connectivity index (χ2v) is 5.94. The molecule has 0 spiro atoms. The fourth-order valence-electron chi connectivity index (χ4n) is 2.11. The minimum atomic E-state index is 0.169. The van der Waals surface area contributed by atoms with Crippen LogP contribution in [-0.2, 0) is 11.3 Å². The van der Waals surface area contributed by atoms with E-state index in [1.165, 1.54) is 0 Å². The molecule has 1 unspecified atom stereocenters. The zero-order chi connectivity index (χ0) is 13.3. The molecule has 5 nitrogen and oxygen atoms in total. The zero-order valence-electron chi connectivity index (χ0n) is 11.2. The Hall–Kier alpha value is -1.01. The molecule has 106 valence electrons. The van der Waals surface area contributed by atoms with Crippen LogP contribution >= 0.6 is 11.8 Å². The van der Waals surface area contributed by atoms with Crippen molar-refractivity contribution in [1.29, 1.82) is 0 Å². The molecule has 0 radical (unpaired) electrons. The van der Waals surface area contributed by atoms with Crippen LogP contribution in [0.4, 0.5) is 0 Å². The maximum atomic E-state index is 11.7. The van der Waals surface area contributed by atoms with Gasteiger partial charge in [0.2, 0.25) is 5.91 Å². The molecule has 2 rings (SSSR count). The molecule has 0 aromatic carbocycles. The van der Waals surface area contributed by atoms with Crippen molar-refractivity contribution in [3.05, 3.63) is 18.7 Å². The van der Waals surface area contributed by atoms with Crippen molar-refractivity contribution in [2.75, 3.05) is 24.6 Å². The van der Waals surface area contributed by atoms with Crippen LogP contribution in [0, 0.1) is 0 Å².